The predicted molar refractivity (Wildman–Crippen MR) is 66.9 cm³/mol. The molecule has 5 heteroatoms. The fraction of sp³-hybridized carbons (Fsp3) is 0.308. The van der Waals surface area contributed by atoms with Crippen LogP contribution in [0.4, 0.5) is 0 Å². The van der Waals surface area contributed by atoms with Gasteiger partial charge in [-0.2, -0.15) is 0 Å². The summed E-state index contributed by atoms with van der Waals surface area (Å²) in [5, 5.41) is 10.0. The Balaban J connectivity index is 2.40. The maximum atomic E-state index is 11.2. The fourth-order valence-electron chi connectivity index (χ4n) is 1.51. The van der Waals surface area contributed by atoms with Crippen molar-refractivity contribution in [3.8, 4) is 0 Å². The van der Waals surface area contributed by atoms with E-state index in [2.05, 4.69) is 4.74 Å². The zero-order valence-corrected chi connectivity index (χ0v) is 10.2. The fourth-order valence-corrected chi connectivity index (χ4v) is 1.51. The Bertz CT molecular complexity index is 437. The molecular formula is C13H15NO4. The van der Waals surface area contributed by atoms with Crippen LogP contribution in [0.3, 0.4) is 0 Å². The number of esters is 1. The molecular weight excluding hydrogens is 234 g/mol. The monoisotopic (exact) mass is 249 g/mol. The normalized spacial score (nSPS) is 10.5. The number of methoxy groups -OCH3 is 1. The molecule has 0 N–H and O–H groups in total. The molecule has 0 saturated heterocycles. The van der Waals surface area contributed by atoms with Gasteiger partial charge in [0.05, 0.1) is 17.6 Å². The van der Waals surface area contributed by atoms with Gasteiger partial charge in [-0.3, -0.25) is 10.1 Å². The lowest BCUT2D eigenvalue weighted by Crippen LogP contribution is -2.00. The molecule has 0 bridgehead atoms. The number of aryl methyl sites for hydroxylation is 1. The van der Waals surface area contributed by atoms with Gasteiger partial charge in [-0.25, -0.2) is 4.79 Å². The van der Waals surface area contributed by atoms with Crippen LogP contribution in [-0.4, -0.2) is 18.0 Å². The topological polar surface area (TPSA) is 69.4 Å². The van der Waals surface area contributed by atoms with Gasteiger partial charge in [0.1, 0.15) is 0 Å². The highest BCUT2D eigenvalue weighted by atomic mass is 16.6. The molecule has 0 aromatic heterocycles. The van der Waals surface area contributed by atoms with Gasteiger partial charge in [-0.15, -0.1) is 0 Å². The Labute approximate surface area is 105 Å². The van der Waals surface area contributed by atoms with Crippen LogP contribution in [0.5, 0.6) is 0 Å². The molecule has 0 aliphatic heterocycles. The number of carbonyl (C=O) groups excluding carboxylic acids is 1. The lowest BCUT2D eigenvalue weighted by molar-refractivity contribution is -0.402. The summed E-state index contributed by atoms with van der Waals surface area (Å²) in [5.74, 6) is -0.351. The molecule has 0 atom stereocenters. The minimum atomic E-state index is -0.467. The molecule has 18 heavy (non-hydrogen) atoms. The van der Waals surface area contributed by atoms with E-state index >= 15 is 0 Å². The average Bonchev–Trinajstić information content (AvgIpc) is 2.38. The van der Waals surface area contributed by atoms with E-state index in [1.54, 1.807) is 18.2 Å². The Kier molecular flexibility index (Phi) is 5.57. The molecule has 0 aliphatic rings. The first-order chi connectivity index (χ1) is 8.63. The summed E-state index contributed by atoms with van der Waals surface area (Å²) in [6.45, 7) is 0. The van der Waals surface area contributed by atoms with E-state index in [0.29, 0.717) is 12.0 Å². The predicted octanol–water partition coefficient (Wildman–Crippen LogP) is 2.59. The number of unbranched alkanes of at least 4 members (excludes halogenated alkanes) is 1. The molecule has 0 spiro atoms. The maximum Gasteiger partial charge on any atom is 0.337 e. The van der Waals surface area contributed by atoms with Gasteiger partial charge in [0.2, 0.25) is 6.20 Å². The third-order valence-corrected chi connectivity index (χ3v) is 2.44. The maximum absolute atomic E-state index is 11.2. The minimum absolute atomic E-state index is 0.351. The van der Waals surface area contributed by atoms with Crippen molar-refractivity contribution in [3.63, 3.8) is 0 Å². The van der Waals surface area contributed by atoms with Crippen LogP contribution in [-0.2, 0) is 11.2 Å². The SMILES string of the molecule is COC(=O)c1ccc(CCC/C=C/[N+](=O)[O-])cc1. The molecule has 0 fully saturated rings. The summed E-state index contributed by atoms with van der Waals surface area (Å²) in [4.78, 5) is 20.8. The van der Waals surface area contributed by atoms with E-state index in [1.165, 1.54) is 7.11 Å². The molecule has 0 radical (unpaired) electrons. The summed E-state index contributed by atoms with van der Waals surface area (Å²) in [7, 11) is 1.35. The molecule has 0 unspecified atom stereocenters. The van der Waals surface area contributed by atoms with Gasteiger partial charge in [-0.05, 0) is 43.0 Å². The Morgan fingerprint density at radius 3 is 2.61 bits per heavy atom. The Morgan fingerprint density at radius 1 is 1.39 bits per heavy atom. The molecule has 0 amide bonds. The number of benzene rings is 1. The Hall–Kier alpha value is -2.17. The van der Waals surface area contributed by atoms with Gasteiger partial charge in [0.25, 0.3) is 0 Å². The highest BCUT2D eigenvalue weighted by Crippen LogP contribution is 2.09. The number of ether oxygens (including phenoxy) is 1. The van der Waals surface area contributed by atoms with Crippen molar-refractivity contribution in [1.82, 2.24) is 0 Å². The lowest BCUT2D eigenvalue weighted by Gasteiger charge is -2.02. The molecule has 96 valence electrons. The second-order valence-corrected chi connectivity index (χ2v) is 3.75. The third-order valence-electron chi connectivity index (χ3n) is 2.44. The summed E-state index contributed by atoms with van der Waals surface area (Å²) in [5.41, 5.74) is 1.62. The van der Waals surface area contributed by atoms with E-state index < -0.39 is 4.92 Å². The van der Waals surface area contributed by atoms with Crippen molar-refractivity contribution in [2.75, 3.05) is 7.11 Å². The van der Waals surface area contributed by atoms with E-state index in [-0.39, 0.29) is 5.97 Å². The molecule has 1 aromatic carbocycles. The number of hydrogen-bond donors (Lipinski definition) is 0. The van der Waals surface area contributed by atoms with Crippen LogP contribution in [0, 0.1) is 10.1 Å². The Morgan fingerprint density at radius 2 is 2.06 bits per heavy atom. The van der Waals surface area contributed by atoms with Crippen LogP contribution in [0.1, 0.15) is 28.8 Å². The molecule has 5 nitrogen and oxygen atoms in total. The van der Waals surface area contributed by atoms with Crippen molar-refractivity contribution in [3.05, 3.63) is 57.8 Å². The minimum Gasteiger partial charge on any atom is -0.465 e. The van der Waals surface area contributed by atoms with Gasteiger partial charge in [0, 0.05) is 0 Å². The number of nitro groups is 1. The van der Waals surface area contributed by atoms with Gasteiger partial charge < -0.3 is 4.74 Å². The first-order valence-corrected chi connectivity index (χ1v) is 5.61. The van der Waals surface area contributed by atoms with Crippen molar-refractivity contribution in [1.29, 1.82) is 0 Å². The van der Waals surface area contributed by atoms with Crippen molar-refractivity contribution >= 4 is 5.97 Å². The van der Waals surface area contributed by atoms with E-state index in [1.807, 2.05) is 12.1 Å². The molecule has 0 heterocycles. The smallest absolute Gasteiger partial charge is 0.337 e. The second kappa shape index (κ2) is 7.21. The van der Waals surface area contributed by atoms with E-state index in [9.17, 15) is 14.9 Å². The summed E-state index contributed by atoms with van der Waals surface area (Å²) in [6, 6.07) is 7.16. The molecule has 0 saturated carbocycles. The molecule has 1 aromatic rings. The third kappa shape index (κ3) is 4.78. The summed E-state index contributed by atoms with van der Waals surface area (Å²) in [6.07, 6.45) is 4.83. The van der Waals surface area contributed by atoms with Crippen molar-refractivity contribution < 1.29 is 14.5 Å². The summed E-state index contributed by atoms with van der Waals surface area (Å²) < 4.78 is 4.60. The van der Waals surface area contributed by atoms with Crippen LogP contribution < -0.4 is 0 Å². The average molecular weight is 249 g/mol. The summed E-state index contributed by atoms with van der Waals surface area (Å²) >= 11 is 0. The van der Waals surface area contributed by atoms with Gasteiger partial charge >= 0.3 is 5.97 Å². The van der Waals surface area contributed by atoms with Gasteiger partial charge in [0.15, 0.2) is 0 Å². The van der Waals surface area contributed by atoms with Crippen LogP contribution >= 0.6 is 0 Å². The first kappa shape index (κ1) is 13.9. The van der Waals surface area contributed by atoms with Crippen LogP contribution in [0.2, 0.25) is 0 Å². The number of rotatable bonds is 6. The number of allylic oxidation sites excluding steroid dienone is 1. The first-order valence-electron chi connectivity index (χ1n) is 5.61. The molecule has 1 rings (SSSR count). The van der Waals surface area contributed by atoms with Crippen molar-refractivity contribution in [2.24, 2.45) is 0 Å². The highest BCUT2D eigenvalue weighted by molar-refractivity contribution is 5.89. The standard InChI is InChI=1S/C13H15NO4/c1-18-13(15)12-8-6-11(7-9-12)5-3-2-4-10-14(16)17/h4,6-10H,2-3,5H2,1H3/b10-4+. The second-order valence-electron chi connectivity index (χ2n) is 3.75. The number of carbonyl (C=O) groups is 1. The van der Waals surface area contributed by atoms with Gasteiger partial charge in [-0.1, -0.05) is 12.1 Å². The zero-order chi connectivity index (χ0) is 13.4. The zero-order valence-electron chi connectivity index (χ0n) is 10.2. The largest absolute Gasteiger partial charge is 0.465 e. The van der Waals surface area contributed by atoms with Crippen LogP contribution in [0.15, 0.2) is 36.5 Å². The lowest BCUT2D eigenvalue weighted by atomic mass is 10.1. The van der Waals surface area contributed by atoms with Crippen molar-refractivity contribution in [2.45, 2.75) is 19.3 Å². The van der Waals surface area contributed by atoms with Crippen LogP contribution in [0.25, 0.3) is 0 Å². The molecule has 0 aliphatic carbocycles. The number of hydrogen-bond acceptors (Lipinski definition) is 4. The quantitative estimate of drug-likeness (QED) is 0.336. The number of nitrogens with zero attached hydrogens (tertiary/aromatic N) is 1. The van der Waals surface area contributed by atoms with E-state index in [4.69, 9.17) is 0 Å². The highest BCUT2D eigenvalue weighted by Gasteiger charge is 2.03. The van der Waals surface area contributed by atoms with E-state index in [0.717, 1.165) is 24.6 Å².